The number of aliphatic hydroxyl groups is 1. The molecule has 90 valence electrons. The van der Waals surface area contributed by atoms with Crippen LogP contribution in [-0.4, -0.2) is 29.6 Å². The van der Waals surface area contributed by atoms with E-state index in [-0.39, 0.29) is 0 Å². The summed E-state index contributed by atoms with van der Waals surface area (Å²) in [6.45, 7) is 5.99. The number of unbranched alkanes of at least 4 members (excludes halogenated alkanes) is 1. The van der Waals surface area contributed by atoms with Crippen molar-refractivity contribution in [3.8, 4) is 0 Å². The number of nitrogens with one attached hydrogen (secondary N) is 1. The van der Waals surface area contributed by atoms with Gasteiger partial charge in [-0.3, -0.25) is 0 Å². The molecule has 1 amide bonds. The van der Waals surface area contributed by atoms with Gasteiger partial charge in [0, 0.05) is 6.54 Å². The van der Waals surface area contributed by atoms with Gasteiger partial charge < -0.3 is 20.9 Å². The van der Waals surface area contributed by atoms with E-state index in [0.29, 0.717) is 13.0 Å². The van der Waals surface area contributed by atoms with Crippen molar-refractivity contribution in [3.05, 3.63) is 0 Å². The Morgan fingerprint density at radius 3 is 2.53 bits per heavy atom. The highest BCUT2D eigenvalue weighted by atomic mass is 16.6. The van der Waals surface area contributed by atoms with Crippen LogP contribution < -0.4 is 11.1 Å². The van der Waals surface area contributed by atoms with E-state index in [0.717, 1.165) is 12.8 Å². The summed E-state index contributed by atoms with van der Waals surface area (Å²) in [5.41, 5.74) is 4.70. The fourth-order valence-corrected chi connectivity index (χ4v) is 0.983. The Bertz CT molecular complexity index is 188. The first-order valence-electron chi connectivity index (χ1n) is 5.22. The van der Waals surface area contributed by atoms with Gasteiger partial charge in [-0.15, -0.1) is 0 Å². The fraction of sp³-hybridized carbons (Fsp3) is 0.900. The summed E-state index contributed by atoms with van der Waals surface area (Å²) in [7, 11) is 0. The lowest BCUT2D eigenvalue weighted by molar-refractivity contribution is 0.0526. The summed E-state index contributed by atoms with van der Waals surface area (Å²) < 4.78 is 5.04. The second kappa shape index (κ2) is 6.63. The molecule has 0 saturated heterocycles. The topological polar surface area (TPSA) is 84.6 Å². The molecule has 0 saturated carbocycles. The van der Waals surface area contributed by atoms with E-state index in [1.807, 2.05) is 20.8 Å². The zero-order chi connectivity index (χ0) is 11.9. The maximum absolute atomic E-state index is 11.1. The number of aliphatic hydroxyl groups excluding tert-OH is 1. The van der Waals surface area contributed by atoms with Gasteiger partial charge in [-0.05, 0) is 40.0 Å². The van der Waals surface area contributed by atoms with Gasteiger partial charge in [0.15, 0.2) is 0 Å². The van der Waals surface area contributed by atoms with E-state index in [9.17, 15) is 4.79 Å². The molecule has 0 aliphatic heterocycles. The summed E-state index contributed by atoms with van der Waals surface area (Å²) in [4.78, 5) is 11.1. The molecule has 0 aliphatic carbocycles. The quantitative estimate of drug-likeness (QED) is 0.474. The van der Waals surface area contributed by atoms with Gasteiger partial charge in [0.2, 0.25) is 0 Å². The van der Waals surface area contributed by atoms with Gasteiger partial charge in [0.25, 0.3) is 0 Å². The van der Waals surface area contributed by atoms with Crippen molar-refractivity contribution < 1.29 is 14.6 Å². The molecule has 0 aromatic rings. The highest BCUT2D eigenvalue weighted by Crippen LogP contribution is 2.06. The summed E-state index contributed by atoms with van der Waals surface area (Å²) >= 11 is 0. The van der Waals surface area contributed by atoms with Crippen molar-refractivity contribution in [2.24, 2.45) is 5.73 Å². The second-order valence-electron chi connectivity index (χ2n) is 4.49. The zero-order valence-electron chi connectivity index (χ0n) is 9.75. The monoisotopic (exact) mass is 218 g/mol. The lowest BCUT2D eigenvalue weighted by atomic mass is 10.2. The van der Waals surface area contributed by atoms with Crippen molar-refractivity contribution in [2.75, 3.05) is 6.54 Å². The van der Waals surface area contributed by atoms with E-state index < -0.39 is 17.9 Å². The number of alkyl carbamates (subject to hydrolysis) is 1. The number of amides is 1. The van der Waals surface area contributed by atoms with Crippen molar-refractivity contribution in [3.63, 3.8) is 0 Å². The number of carbonyl (C=O) groups excluding carboxylic acids is 1. The average molecular weight is 218 g/mol. The minimum absolute atomic E-state index is 0.407. The predicted octanol–water partition coefficient (Wildman–Crippen LogP) is 0.958. The first-order chi connectivity index (χ1) is 6.81. The Morgan fingerprint density at radius 1 is 1.47 bits per heavy atom. The van der Waals surface area contributed by atoms with E-state index in [4.69, 9.17) is 15.6 Å². The van der Waals surface area contributed by atoms with Crippen LogP contribution >= 0.6 is 0 Å². The minimum Gasteiger partial charge on any atom is -0.444 e. The molecule has 5 heteroatoms. The lowest BCUT2D eigenvalue weighted by Crippen LogP contribution is -2.33. The number of carbonyl (C=O) groups is 1. The Kier molecular flexibility index (Phi) is 6.27. The van der Waals surface area contributed by atoms with Crippen LogP contribution in [0, 0.1) is 0 Å². The molecule has 1 unspecified atom stereocenters. The molecular weight excluding hydrogens is 196 g/mol. The second-order valence-corrected chi connectivity index (χ2v) is 4.49. The molecule has 5 nitrogen and oxygen atoms in total. The van der Waals surface area contributed by atoms with Crippen LogP contribution in [0.15, 0.2) is 0 Å². The van der Waals surface area contributed by atoms with E-state index in [2.05, 4.69) is 5.32 Å². The minimum atomic E-state index is -0.758. The van der Waals surface area contributed by atoms with Gasteiger partial charge in [-0.25, -0.2) is 4.79 Å². The van der Waals surface area contributed by atoms with E-state index >= 15 is 0 Å². The molecule has 0 spiro atoms. The van der Waals surface area contributed by atoms with Crippen molar-refractivity contribution >= 4 is 6.09 Å². The molecule has 15 heavy (non-hydrogen) atoms. The Morgan fingerprint density at radius 2 is 2.07 bits per heavy atom. The zero-order valence-corrected chi connectivity index (χ0v) is 9.75. The van der Waals surface area contributed by atoms with E-state index in [1.165, 1.54) is 0 Å². The van der Waals surface area contributed by atoms with Crippen LogP contribution in [0.5, 0.6) is 0 Å². The largest absolute Gasteiger partial charge is 0.444 e. The van der Waals surface area contributed by atoms with Gasteiger partial charge >= 0.3 is 6.09 Å². The van der Waals surface area contributed by atoms with Crippen LogP contribution in [0.2, 0.25) is 0 Å². The van der Waals surface area contributed by atoms with Gasteiger partial charge in [0.1, 0.15) is 11.8 Å². The summed E-state index contributed by atoms with van der Waals surface area (Å²) in [6, 6.07) is 0. The number of ether oxygens (including phenoxy) is 1. The molecular formula is C10H22N2O3. The number of rotatable bonds is 5. The summed E-state index contributed by atoms with van der Waals surface area (Å²) in [5.74, 6) is 0. The van der Waals surface area contributed by atoms with Crippen molar-refractivity contribution in [1.29, 1.82) is 0 Å². The van der Waals surface area contributed by atoms with Gasteiger partial charge in [-0.1, -0.05) is 0 Å². The standard InChI is InChI=1S/C10H22N2O3/c1-10(2,3)15-9(14)12-7-5-4-6-8(11)13/h8,13H,4-7,11H2,1-3H3,(H,12,14). The molecule has 0 aromatic heterocycles. The molecule has 0 aliphatic rings. The third-order valence-corrected chi connectivity index (χ3v) is 1.59. The molecule has 1 atom stereocenters. The average Bonchev–Trinajstić information content (AvgIpc) is 1.99. The maximum Gasteiger partial charge on any atom is 0.407 e. The lowest BCUT2D eigenvalue weighted by Gasteiger charge is -2.19. The third kappa shape index (κ3) is 11.1. The summed E-state index contributed by atoms with van der Waals surface area (Å²) in [5, 5.41) is 11.4. The van der Waals surface area contributed by atoms with Crippen LogP contribution in [0.25, 0.3) is 0 Å². The molecule has 0 radical (unpaired) electrons. The van der Waals surface area contributed by atoms with Gasteiger partial charge in [0.05, 0.1) is 0 Å². The Balaban J connectivity index is 3.40. The SMILES string of the molecule is CC(C)(C)OC(=O)NCCCCC(N)O. The fourth-order valence-electron chi connectivity index (χ4n) is 0.983. The Hall–Kier alpha value is -0.810. The molecule has 0 aromatic carbocycles. The van der Waals surface area contributed by atoms with Crippen LogP contribution in [-0.2, 0) is 4.74 Å². The number of hydrogen-bond donors (Lipinski definition) is 3. The molecule has 0 rings (SSSR count). The van der Waals surface area contributed by atoms with Crippen LogP contribution in [0.1, 0.15) is 40.0 Å². The van der Waals surface area contributed by atoms with Crippen LogP contribution in [0.4, 0.5) is 4.79 Å². The predicted molar refractivity (Wildman–Crippen MR) is 58.3 cm³/mol. The van der Waals surface area contributed by atoms with E-state index in [1.54, 1.807) is 0 Å². The Labute approximate surface area is 91.0 Å². The third-order valence-electron chi connectivity index (χ3n) is 1.59. The molecule has 0 bridgehead atoms. The number of hydrogen-bond acceptors (Lipinski definition) is 4. The van der Waals surface area contributed by atoms with Crippen LogP contribution in [0.3, 0.4) is 0 Å². The molecule has 4 N–H and O–H groups in total. The molecule has 0 heterocycles. The highest BCUT2D eigenvalue weighted by Gasteiger charge is 2.15. The summed E-state index contributed by atoms with van der Waals surface area (Å²) in [6.07, 6.45) is 0.957. The van der Waals surface area contributed by atoms with Crippen molar-refractivity contribution in [1.82, 2.24) is 5.32 Å². The highest BCUT2D eigenvalue weighted by molar-refractivity contribution is 5.67. The normalized spacial score (nSPS) is 13.4. The maximum atomic E-state index is 11.1. The van der Waals surface area contributed by atoms with Crippen molar-refractivity contribution in [2.45, 2.75) is 51.9 Å². The first kappa shape index (κ1) is 14.2. The first-order valence-corrected chi connectivity index (χ1v) is 5.22. The van der Waals surface area contributed by atoms with Gasteiger partial charge in [-0.2, -0.15) is 0 Å². The number of nitrogens with two attached hydrogens (primary N) is 1. The molecule has 0 fully saturated rings. The smallest absolute Gasteiger partial charge is 0.407 e.